The lowest BCUT2D eigenvalue weighted by molar-refractivity contribution is 0.210. The lowest BCUT2D eigenvalue weighted by Gasteiger charge is -2.08. The number of amidine groups is 1. The van der Waals surface area contributed by atoms with Gasteiger partial charge in [0.1, 0.15) is 6.10 Å². The Balaban J connectivity index is 2.19. The molecule has 1 aliphatic rings. The summed E-state index contributed by atoms with van der Waals surface area (Å²) in [7, 11) is 0. The van der Waals surface area contributed by atoms with Crippen LogP contribution in [-0.2, 0) is 4.74 Å². The molecule has 0 aromatic heterocycles. The van der Waals surface area contributed by atoms with Crippen molar-refractivity contribution >= 4 is 17.8 Å². The highest BCUT2D eigenvalue weighted by molar-refractivity contribution is 7.99. The van der Waals surface area contributed by atoms with Gasteiger partial charge in [-0.2, -0.15) is 11.8 Å². The Bertz CT molecular complexity index is 112. The van der Waals surface area contributed by atoms with Crippen LogP contribution in [0, 0.1) is 5.41 Å². The molecule has 3 nitrogen and oxygen atoms in total. The zero-order valence-electron chi connectivity index (χ0n) is 5.09. The Morgan fingerprint density at radius 2 is 2.56 bits per heavy atom. The summed E-state index contributed by atoms with van der Waals surface area (Å²) in [5.74, 6) is 2.12. The Hall–Kier alpha value is -0.380. The van der Waals surface area contributed by atoms with Crippen LogP contribution in [0.3, 0.4) is 0 Å². The third-order valence-electron chi connectivity index (χ3n) is 1.18. The molecular formula is C5H10N2OS. The van der Waals surface area contributed by atoms with Crippen molar-refractivity contribution in [3.05, 3.63) is 0 Å². The topological polar surface area (TPSA) is 59.1 Å². The van der Waals surface area contributed by atoms with E-state index >= 15 is 0 Å². The first-order chi connectivity index (χ1) is 4.29. The van der Waals surface area contributed by atoms with Crippen molar-refractivity contribution in [2.45, 2.75) is 12.5 Å². The van der Waals surface area contributed by atoms with Gasteiger partial charge in [0.15, 0.2) is 0 Å². The van der Waals surface area contributed by atoms with Crippen molar-refractivity contribution in [1.82, 2.24) is 0 Å². The molecular weight excluding hydrogens is 136 g/mol. The molecule has 1 atom stereocenters. The van der Waals surface area contributed by atoms with Crippen molar-refractivity contribution < 1.29 is 4.74 Å². The fourth-order valence-corrected chi connectivity index (χ4v) is 1.88. The summed E-state index contributed by atoms with van der Waals surface area (Å²) in [6.45, 7) is 0. The van der Waals surface area contributed by atoms with E-state index in [1.165, 1.54) is 0 Å². The Kier molecular flexibility index (Phi) is 2.22. The van der Waals surface area contributed by atoms with E-state index in [4.69, 9.17) is 15.9 Å². The Labute approximate surface area is 58.5 Å². The summed E-state index contributed by atoms with van der Waals surface area (Å²) < 4.78 is 4.95. The van der Waals surface area contributed by atoms with Crippen molar-refractivity contribution in [3.8, 4) is 0 Å². The fraction of sp³-hybridized carbons (Fsp3) is 0.800. The predicted molar refractivity (Wildman–Crippen MR) is 38.7 cm³/mol. The summed E-state index contributed by atoms with van der Waals surface area (Å²) in [5, 5.41) is 6.81. The van der Waals surface area contributed by atoms with Crippen LogP contribution in [-0.4, -0.2) is 23.6 Å². The summed E-state index contributed by atoms with van der Waals surface area (Å²) in [6, 6.07) is -0.150. The molecule has 52 valence electrons. The molecule has 0 aliphatic carbocycles. The van der Waals surface area contributed by atoms with E-state index in [0.717, 1.165) is 17.9 Å². The highest BCUT2D eigenvalue weighted by atomic mass is 32.2. The minimum absolute atomic E-state index is 0.150. The Morgan fingerprint density at radius 3 is 3.00 bits per heavy atom. The minimum Gasteiger partial charge on any atom is -0.461 e. The van der Waals surface area contributed by atoms with Gasteiger partial charge in [0.2, 0.25) is 0 Å². The molecule has 0 spiro atoms. The first-order valence-electron chi connectivity index (χ1n) is 2.87. The van der Waals surface area contributed by atoms with Gasteiger partial charge in [-0.15, -0.1) is 0 Å². The van der Waals surface area contributed by atoms with E-state index in [1.54, 1.807) is 0 Å². The van der Waals surface area contributed by atoms with Gasteiger partial charge < -0.3 is 10.5 Å². The SMILES string of the molecule is N=C(N)OC1CCSC1. The molecule has 1 unspecified atom stereocenters. The van der Waals surface area contributed by atoms with Gasteiger partial charge >= 0.3 is 0 Å². The smallest absolute Gasteiger partial charge is 0.279 e. The Morgan fingerprint density at radius 1 is 1.78 bits per heavy atom. The number of hydrogen-bond donors (Lipinski definition) is 2. The van der Waals surface area contributed by atoms with E-state index in [0.29, 0.717) is 0 Å². The van der Waals surface area contributed by atoms with Gasteiger partial charge in [0.25, 0.3) is 6.02 Å². The van der Waals surface area contributed by atoms with Crippen LogP contribution in [0.1, 0.15) is 6.42 Å². The highest BCUT2D eigenvalue weighted by Gasteiger charge is 2.16. The zero-order valence-corrected chi connectivity index (χ0v) is 5.91. The third kappa shape index (κ3) is 2.13. The summed E-state index contributed by atoms with van der Waals surface area (Å²) in [4.78, 5) is 0. The van der Waals surface area contributed by atoms with Crippen molar-refractivity contribution in [2.75, 3.05) is 11.5 Å². The van der Waals surface area contributed by atoms with Gasteiger partial charge in [0.05, 0.1) is 0 Å². The monoisotopic (exact) mass is 146 g/mol. The number of nitrogens with one attached hydrogen (secondary N) is 1. The molecule has 9 heavy (non-hydrogen) atoms. The number of rotatable bonds is 1. The van der Waals surface area contributed by atoms with Crippen LogP contribution in [0.15, 0.2) is 0 Å². The zero-order chi connectivity index (χ0) is 6.69. The van der Waals surface area contributed by atoms with Gasteiger partial charge in [-0.25, -0.2) is 0 Å². The van der Waals surface area contributed by atoms with Crippen molar-refractivity contribution in [1.29, 1.82) is 5.41 Å². The summed E-state index contributed by atoms with van der Waals surface area (Å²) in [6.07, 6.45) is 1.23. The second-order valence-electron chi connectivity index (χ2n) is 1.97. The maximum Gasteiger partial charge on any atom is 0.279 e. The first-order valence-corrected chi connectivity index (χ1v) is 4.03. The van der Waals surface area contributed by atoms with Gasteiger partial charge in [-0.05, 0) is 12.2 Å². The van der Waals surface area contributed by atoms with Gasteiger partial charge in [-0.3, -0.25) is 5.41 Å². The van der Waals surface area contributed by atoms with Crippen LogP contribution in [0.25, 0.3) is 0 Å². The van der Waals surface area contributed by atoms with E-state index in [2.05, 4.69) is 0 Å². The molecule has 1 rings (SSSR count). The van der Waals surface area contributed by atoms with Gasteiger partial charge in [-0.1, -0.05) is 0 Å². The predicted octanol–water partition coefficient (Wildman–Crippen LogP) is 0.402. The lowest BCUT2D eigenvalue weighted by Crippen LogP contribution is -2.22. The molecule has 1 aliphatic heterocycles. The molecule has 0 aromatic rings. The minimum atomic E-state index is -0.150. The van der Waals surface area contributed by atoms with Crippen LogP contribution in [0.5, 0.6) is 0 Å². The number of thioether (sulfide) groups is 1. The van der Waals surface area contributed by atoms with Crippen molar-refractivity contribution in [2.24, 2.45) is 5.73 Å². The largest absolute Gasteiger partial charge is 0.461 e. The van der Waals surface area contributed by atoms with Gasteiger partial charge in [0, 0.05) is 5.75 Å². The number of ether oxygens (including phenoxy) is 1. The van der Waals surface area contributed by atoms with Crippen molar-refractivity contribution in [3.63, 3.8) is 0 Å². The van der Waals surface area contributed by atoms with E-state index < -0.39 is 0 Å². The van der Waals surface area contributed by atoms with Crippen LogP contribution in [0.2, 0.25) is 0 Å². The third-order valence-corrected chi connectivity index (χ3v) is 2.31. The van der Waals surface area contributed by atoms with Crippen LogP contribution >= 0.6 is 11.8 Å². The fourth-order valence-electron chi connectivity index (χ4n) is 0.785. The molecule has 1 saturated heterocycles. The number of nitrogens with two attached hydrogens (primary N) is 1. The molecule has 4 heteroatoms. The molecule has 1 fully saturated rings. The molecule has 0 aromatic carbocycles. The second-order valence-corrected chi connectivity index (χ2v) is 3.12. The lowest BCUT2D eigenvalue weighted by atomic mass is 10.3. The average molecular weight is 146 g/mol. The second kappa shape index (κ2) is 2.96. The van der Waals surface area contributed by atoms with Crippen LogP contribution < -0.4 is 5.73 Å². The molecule has 1 heterocycles. The maximum absolute atomic E-state index is 6.81. The highest BCUT2D eigenvalue weighted by Crippen LogP contribution is 2.19. The van der Waals surface area contributed by atoms with E-state index in [-0.39, 0.29) is 12.1 Å². The standard InChI is InChI=1S/C5H10N2OS/c6-5(7)8-4-1-2-9-3-4/h4H,1-3H2,(H3,6,7). The average Bonchev–Trinajstić information content (AvgIpc) is 2.15. The first kappa shape index (κ1) is 6.74. The summed E-state index contributed by atoms with van der Waals surface area (Å²) >= 11 is 1.85. The number of hydrogen-bond acceptors (Lipinski definition) is 3. The molecule has 0 radical (unpaired) electrons. The molecule has 0 saturated carbocycles. The molecule has 0 amide bonds. The maximum atomic E-state index is 6.81. The van der Waals surface area contributed by atoms with E-state index in [1.807, 2.05) is 11.8 Å². The van der Waals surface area contributed by atoms with E-state index in [9.17, 15) is 0 Å². The summed E-state index contributed by atoms with van der Waals surface area (Å²) in [5.41, 5.74) is 5.02. The molecule has 3 N–H and O–H groups in total. The van der Waals surface area contributed by atoms with Crippen LogP contribution in [0.4, 0.5) is 0 Å². The molecule has 0 bridgehead atoms. The normalized spacial score (nSPS) is 26.0. The quantitative estimate of drug-likeness (QED) is 0.416.